The van der Waals surface area contributed by atoms with Crippen LogP contribution in [0.5, 0.6) is 0 Å². The van der Waals surface area contributed by atoms with Crippen molar-refractivity contribution in [2.24, 2.45) is 5.73 Å². The van der Waals surface area contributed by atoms with Crippen LogP contribution in [0.2, 0.25) is 0 Å². The summed E-state index contributed by atoms with van der Waals surface area (Å²) in [7, 11) is 1.70. The Hall–Kier alpha value is -0.650. The van der Waals surface area contributed by atoms with Crippen molar-refractivity contribution in [1.82, 2.24) is 5.32 Å². The summed E-state index contributed by atoms with van der Waals surface area (Å²) in [5, 5.41) is 3.36. The molecule has 0 aliphatic carbocycles. The molecular weight excluding hydrogens is 208 g/mol. The molecule has 1 aliphatic rings. The van der Waals surface area contributed by atoms with E-state index < -0.39 is 0 Å². The molecule has 0 aromatic carbocycles. The fourth-order valence-corrected chi connectivity index (χ4v) is 1.79. The maximum atomic E-state index is 10.9. The number of nitrogens with two attached hydrogens (primary N) is 1. The van der Waals surface area contributed by atoms with Crippen LogP contribution in [0.25, 0.3) is 0 Å². The van der Waals surface area contributed by atoms with Crippen molar-refractivity contribution in [2.75, 3.05) is 20.3 Å². The Morgan fingerprint density at radius 3 is 2.94 bits per heavy atom. The van der Waals surface area contributed by atoms with Crippen LogP contribution in [0.15, 0.2) is 0 Å². The summed E-state index contributed by atoms with van der Waals surface area (Å²) < 4.78 is 10.5. The Balaban J connectivity index is 2.12. The van der Waals surface area contributed by atoms with E-state index in [1.165, 1.54) is 0 Å². The highest BCUT2D eigenvalue weighted by atomic mass is 16.5. The maximum Gasteiger partial charge on any atom is 0.246 e. The minimum atomic E-state index is -0.388. The highest BCUT2D eigenvalue weighted by Crippen LogP contribution is 2.18. The van der Waals surface area contributed by atoms with Crippen LogP contribution in [0, 0.1) is 0 Å². The third-order valence-corrected chi connectivity index (χ3v) is 2.87. The van der Waals surface area contributed by atoms with Crippen molar-refractivity contribution in [3.8, 4) is 0 Å². The summed E-state index contributed by atoms with van der Waals surface area (Å²) in [4.78, 5) is 10.9. The zero-order valence-electron chi connectivity index (χ0n) is 10.1. The minimum absolute atomic E-state index is 0.113. The number of hydrogen-bond donors (Lipinski definition) is 2. The van der Waals surface area contributed by atoms with Gasteiger partial charge in [0.1, 0.15) is 6.10 Å². The summed E-state index contributed by atoms with van der Waals surface area (Å²) >= 11 is 0. The number of carbonyl (C=O) groups excluding carboxylic acids is 1. The number of primary amides is 1. The quantitative estimate of drug-likeness (QED) is 0.647. The Labute approximate surface area is 96.7 Å². The van der Waals surface area contributed by atoms with Gasteiger partial charge in [0.15, 0.2) is 0 Å². The van der Waals surface area contributed by atoms with Crippen molar-refractivity contribution in [2.45, 2.75) is 44.4 Å². The van der Waals surface area contributed by atoms with Crippen molar-refractivity contribution in [1.29, 1.82) is 0 Å². The third kappa shape index (κ3) is 4.47. The van der Waals surface area contributed by atoms with Gasteiger partial charge >= 0.3 is 0 Å². The fourth-order valence-electron chi connectivity index (χ4n) is 1.79. The first-order valence-corrected chi connectivity index (χ1v) is 5.80. The van der Waals surface area contributed by atoms with Gasteiger partial charge in [-0.25, -0.2) is 0 Å². The highest BCUT2D eigenvalue weighted by molar-refractivity contribution is 5.79. The lowest BCUT2D eigenvalue weighted by molar-refractivity contribution is -0.128. The molecule has 94 valence electrons. The number of amides is 1. The second-order valence-corrected chi connectivity index (χ2v) is 4.32. The lowest BCUT2D eigenvalue weighted by Crippen LogP contribution is -2.36. The SMILES string of the molecule is COCCC(C)NCC1CCC(C(N)=O)O1. The molecule has 0 bridgehead atoms. The third-order valence-electron chi connectivity index (χ3n) is 2.87. The molecule has 1 saturated heterocycles. The number of rotatable bonds is 7. The van der Waals surface area contributed by atoms with Gasteiger partial charge in [-0.3, -0.25) is 4.79 Å². The van der Waals surface area contributed by atoms with E-state index in [4.69, 9.17) is 15.2 Å². The molecule has 0 saturated carbocycles. The topological polar surface area (TPSA) is 73.6 Å². The molecule has 0 radical (unpaired) electrons. The van der Waals surface area contributed by atoms with E-state index in [2.05, 4.69) is 12.2 Å². The van der Waals surface area contributed by atoms with Crippen LogP contribution in [0.4, 0.5) is 0 Å². The average Bonchev–Trinajstić information content (AvgIpc) is 2.72. The van der Waals surface area contributed by atoms with E-state index in [-0.39, 0.29) is 18.1 Å². The largest absolute Gasteiger partial charge is 0.385 e. The second-order valence-electron chi connectivity index (χ2n) is 4.32. The van der Waals surface area contributed by atoms with E-state index in [0.29, 0.717) is 6.04 Å². The standard InChI is InChI=1S/C11H22N2O3/c1-8(5-6-15-2)13-7-9-3-4-10(16-9)11(12)14/h8-10,13H,3-7H2,1-2H3,(H2,12,14). The van der Waals surface area contributed by atoms with Gasteiger partial charge in [-0.1, -0.05) is 0 Å². The summed E-state index contributed by atoms with van der Waals surface area (Å²) in [5.74, 6) is -0.352. The molecule has 1 amide bonds. The van der Waals surface area contributed by atoms with E-state index in [0.717, 1.165) is 32.4 Å². The normalized spacial score (nSPS) is 26.9. The summed E-state index contributed by atoms with van der Waals surface area (Å²) in [6.45, 7) is 3.64. The number of nitrogens with one attached hydrogen (secondary N) is 1. The number of ether oxygens (including phenoxy) is 2. The molecular formula is C11H22N2O3. The molecule has 1 fully saturated rings. The Bertz CT molecular complexity index is 223. The molecule has 3 unspecified atom stereocenters. The van der Waals surface area contributed by atoms with Crippen LogP contribution in [-0.2, 0) is 14.3 Å². The molecule has 5 nitrogen and oxygen atoms in total. The van der Waals surface area contributed by atoms with Gasteiger partial charge in [0.2, 0.25) is 5.91 Å². The van der Waals surface area contributed by atoms with Gasteiger partial charge in [0.05, 0.1) is 6.10 Å². The van der Waals surface area contributed by atoms with Gasteiger partial charge in [0, 0.05) is 26.3 Å². The lowest BCUT2D eigenvalue weighted by atomic mass is 10.2. The average molecular weight is 230 g/mol. The fraction of sp³-hybridized carbons (Fsp3) is 0.909. The van der Waals surface area contributed by atoms with Gasteiger partial charge in [0.25, 0.3) is 0 Å². The Kier molecular flexibility index (Phi) is 5.73. The molecule has 0 aromatic rings. The molecule has 3 atom stereocenters. The smallest absolute Gasteiger partial charge is 0.246 e. The van der Waals surface area contributed by atoms with E-state index >= 15 is 0 Å². The van der Waals surface area contributed by atoms with Crippen molar-refractivity contribution in [3.63, 3.8) is 0 Å². The maximum absolute atomic E-state index is 10.9. The highest BCUT2D eigenvalue weighted by Gasteiger charge is 2.28. The Morgan fingerprint density at radius 2 is 2.38 bits per heavy atom. The van der Waals surface area contributed by atoms with Gasteiger partial charge < -0.3 is 20.5 Å². The minimum Gasteiger partial charge on any atom is -0.385 e. The summed E-state index contributed by atoms with van der Waals surface area (Å²) in [6.07, 6.45) is 2.34. The van der Waals surface area contributed by atoms with Gasteiger partial charge in [-0.15, -0.1) is 0 Å². The first-order chi connectivity index (χ1) is 7.63. The Morgan fingerprint density at radius 1 is 1.62 bits per heavy atom. The van der Waals surface area contributed by atoms with Crippen LogP contribution >= 0.6 is 0 Å². The van der Waals surface area contributed by atoms with E-state index in [9.17, 15) is 4.79 Å². The number of hydrogen-bond acceptors (Lipinski definition) is 4. The predicted octanol–water partition coefficient (Wildman–Crippen LogP) is 0.0339. The summed E-state index contributed by atoms with van der Waals surface area (Å²) in [6, 6.07) is 0.399. The van der Waals surface area contributed by atoms with Crippen LogP contribution < -0.4 is 11.1 Å². The monoisotopic (exact) mass is 230 g/mol. The van der Waals surface area contributed by atoms with Crippen molar-refractivity contribution in [3.05, 3.63) is 0 Å². The molecule has 1 heterocycles. The van der Waals surface area contributed by atoms with Crippen LogP contribution in [0.3, 0.4) is 0 Å². The second kappa shape index (κ2) is 6.83. The number of carbonyl (C=O) groups is 1. The zero-order valence-corrected chi connectivity index (χ0v) is 10.1. The van der Waals surface area contributed by atoms with E-state index in [1.807, 2.05) is 0 Å². The summed E-state index contributed by atoms with van der Waals surface area (Å²) in [5.41, 5.74) is 5.18. The molecule has 5 heteroatoms. The zero-order chi connectivity index (χ0) is 12.0. The lowest BCUT2D eigenvalue weighted by Gasteiger charge is -2.17. The van der Waals surface area contributed by atoms with Crippen LogP contribution in [-0.4, -0.2) is 44.4 Å². The first kappa shape index (κ1) is 13.4. The van der Waals surface area contributed by atoms with Gasteiger partial charge in [-0.2, -0.15) is 0 Å². The number of methoxy groups -OCH3 is 1. The van der Waals surface area contributed by atoms with Crippen molar-refractivity contribution >= 4 is 5.91 Å². The molecule has 1 rings (SSSR count). The molecule has 16 heavy (non-hydrogen) atoms. The molecule has 1 aliphatic heterocycles. The van der Waals surface area contributed by atoms with Crippen LogP contribution in [0.1, 0.15) is 26.2 Å². The molecule has 0 spiro atoms. The predicted molar refractivity (Wildman–Crippen MR) is 61.0 cm³/mol. The van der Waals surface area contributed by atoms with E-state index in [1.54, 1.807) is 7.11 Å². The molecule has 0 aromatic heterocycles. The van der Waals surface area contributed by atoms with Crippen molar-refractivity contribution < 1.29 is 14.3 Å². The first-order valence-electron chi connectivity index (χ1n) is 5.80. The molecule has 3 N–H and O–H groups in total. The van der Waals surface area contributed by atoms with Gasteiger partial charge in [-0.05, 0) is 26.2 Å².